The fourth-order valence-corrected chi connectivity index (χ4v) is 6.77. The minimum absolute atomic E-state index is 0.399. The molecular weight excluding hydrogens is 476 g/mol. The van der Waals surface area contributed by atoms with Crippen molar-refractivity contribution in [3.8, 4) is 0 Å². The van der Waals surface area contributed by atoms with E-state index in [0.29, 0.717) is 5.56 Å². The Balaban J connectivity index is 1.39. The van der Waals surface area contributed by atoms with Gasteiger partial charge in [-0.25, -0.2) is 4.79 Å². The van der Waals surface area contributed by atoms with Crippen molar-refractivity contribution in [2.45, 2.75) is 42.2 Å². The molecule has 2 amide bonds. The third-order valence-corrected chi connectivity index (χ3v) is 8.94. The van der Waals surface area contributed by atoms with Gasteiger partial charge in [0, 0.05) is 5.56 Å². The van der Waals surface area contributed by atoms with Crippen LogP contribution in [0.25, 0.3) is 0 Å². The van der Waals surface area contributed by atoms with Gasteiger partial charge in [0.15, 0.2) is 6.10 Å². The molecule has 5 rings (SSSR count). The van der Waals surface area contributed by atoms with Crippen LogP contribution >= 0.6 is 0 Å². The van der Waals surface area contributed by atoms with Crippen LogP contribution in [-0.2, 0) is 25.1 Å². The number of rotatable bonds is 6. The van der Waals surface area contributed by atoms with Crippen molar-refractivity contribution >= 4 is 28.6 Å². The van der Waals surface area contributed by atoms with Gasteiger partial charge in [-0.2, -0.15) is 0 Å². The van der Waals surface area contributed by atoms with E-state index < -0.39 is 56.9 Å². The summed E-state index contributed by atoms with van der Waals surface area (Å²) in [6.45, 7) is 3.38. The van der Waals surface area contributed by atoms with Crippen molar-refractivity contribution in [3.05, 3.63) is 108 Å². The van der Waals surface area contributed by atoms with Crippen LogP contribution in [0.1, 0.15) is 41.4 Å². The molecule has 4 atom stereocenters. The Bertz CT molecular complexity index is 1270. The highest BCUT2D eigenvalue weighted by Gasteiger charge is 2.68. The number of nitrogens with zero attached hydrogens (tertiary/aromatic N) is 1. The molecule has 1 N–H and O–H groups in total. The molecule has 0 unspecified atom stereocenters. The van der Waals surface area contributed by atoms with E-state index in [0.717, 1.165) is 11.1 Å². The summed E-state index contributed by atoms with van der Waals surface area (Å²) in [5.74, 6) is -1.50. The first-order valence-corrected chi connectivity index (χ1v) is 12.9. The summed E-state index contributed by atoms with van der Waals surface area (Å²) in [4.78, 5) is 40.7. The zero-order valence-corrected chi connectivity index (χ0v) is 20.7. The Hall–Kier alpha value is -3.78. The van der Waals surface area contributed by atoms with Crippen molar-refractivity contribution in [2.75, 3.05) is 0 Å². The smallest absolute Gasteiger partial charge is 0.331 e. The molecule has 0 saturated carbocycles. The normalized spacial score (nSPS) is 24.1. The molecule has 3 aromatic carbocycles. The number of nitrogens with one attached hydrogen (secondary N) is 1. The highest BCUT2D eigenvalue weighted by molar-refractivity contribution is 7.87. The predicted octanol–water partition coefficient (Wildman–Crippen LogP) is 3.20. The first-order chi connectivity index (χ1) is 17.3. The van der Waals surface area contributed by atoms with E-state index in [9.17, 15) is 18.6 Å². The van der Waals surface area contributed by atoms with Gasteiger partial charge >= 0.3 is 5.97 Å². The van der Waals surface area contributed by atoms with Crippen LogP contribution in [-0.4, -0.2) is 49.1 Å². The lowest BCUT2D eigenvalue weighted by atomic mass is 9.95. The molecule has 0 aliphatic carbocycles. The van der Waals surface area contributed by atoms with Crippen LogP contribution in [0.4, 0.5) is 0 Å². The summed E-state index contributed by atoms with van der Waals surface area (Å²) in [5, 5.41) is 1.90. The number of β-lactam (4-membered cyclic amide) rings is 1. The molecule has 0 bridgehead atoms. The van der Waals surface area contributed by atoms with Crippen LogP contribution in [0.5, 0.6) is 0 Å². The van der Waals surface area contributed by atoms with Gasteiger partial charge in [-0.1, -0.05) is 78.9 Å². The Morgan fingerprint density at radius 3 is 1.92 bits per heavy atom. The number of hydrogen-bond donors (Lipinski definition) is 1. The number of esters is 1. The minimum Gasteiger partial charge on any atom is -0.451 e. The second kappa shape index (κ2) is 9.35. The van der Waals surface area contributed by atoms with Gasteiger partial charge in [-0.3, -0.25) is 13.8 Å². The topological polar surface area (TPSA) is 92.8 Å². The van der Waals surface area contributed by atoms with E-state index in [1.165, 1.54) is 4.90 Å². The SMILES string of the molecule is CC1(C)[C@H](C(=O)OC(c2ccccc2)c2ccccc2)N2C(=O)[C@@H](NC(=O)c3ccccc3)[C@H]2[S@@]1=O. The molecular formula is C28H26N2O5S. The van der Waals surface area contributed by atoms with E-state index in [1.54, 1.807) is 44.2 Å². The highest BCUT2D eigenvalue weighted by Crippen LogP contribution is 2.44. The molecule has 7 nitrogen and oxygen atoms in total. The number of hydrogen-bond acceptors (Lipinski definition) is 5. The van der Waals surface area contributed by atoms with Gasteiger partial charge < -0.3 is 15.0 Å². The van der Waals surface area contributed by atoms with Crippen molar-refractivity contribution in [1.29, 1.82) is 0 Å². The molecule has 0 aromatic heterocycles. The lowest BCUT2D eigenvalue weighted by Crippen LogP contribution is -2.71. The Morgan fingerprint density at radius 2 is 1.39 bits per heavy atom. The maximum atomic E-state index is 13.6. The quantitative estimate of drug-likeness (QED) is 0.413. The molecule has 0 radical (unpaired) electrons. The van der Waals surface area contributed by atoms with Crippen LogP contribution in [0.2, 0.25) is 0 Å². The number of amides is 2. The van der Waals surface area contributed by atoms with Gasteiger partial charge in [0.2, 0.25) is 5.91 Å². The third-order valence-electron chi connectivity index (χ3n) is 6.74. The summed E-state index contributed by atoms with van der Waals surface area (Å²) >= 11 is 0. The second-order valence-corrected chi connectivity index (χ2v) is 11.5. The molecule has 8 heteroatoms. The van der Waals surface area contributed by atoms with Crippen LogP contribution in [0.3, 0.4) is 0 Å². The standard InChI is InChI=1S/C28H26N2O5S/c1-28(2)23(27(33)35-22(18-12-6-3-7-13-18)19-14-8-4-9-15-19)30-25(32)21(26(30)36(28)34)29-24(31)20-16-10-5-11-17-20/h3-17,21-23,26H,1-2H3,(H,29,31)/t21-,23+,26-,36+/m1/s1. The first kappa shape index (κ1) is 23.9. The summed E-state index contributed by atoms with van der Waals surface area (Å²) in [6, 6.07) is 25.2. The Labute approximate surface area is 211 Å². The summed E-state index contributed by atoms with van der Waals surface area (Å²) < 4.78 is 18.4. The molecule has 0 spiro atoms. The summed E-state index contributed by atoms with van der Waals surface area (Å²) in [5.41, 5.74) is 1.97. The van der Waals surface area contributed by atoms with Gasteiger partial charge in [-0.05, 0) is 37.1 Å². The van der Waals surface area contributed by atoms with Crippen molar-refractivity contribution in [3.63, 3.8) is 0 Å². The zero-order chi connectivity index (χ0) is 25.4. The van der Waals surface area contributed by atoms with E-state index in [2.05, 4.69) is 5.32 Å². The fourth-order valence-electron chi connectivity index (χ4n) is 4.85. The zero-order valence-electron chi connectivity index (χ0n) is 19.9. The van der Waals surface area contributed by atoms with Crippen LogP contribution in [0, 0.1) is 0 Å². The lowest BCUT2D eigenvalue weighted by molar-refractivity contribution is -0.166. The molecule has 2 aliphatic heterocycles. The monoisotopic (exact) mass is 502 g/mol. The number of benzene rings is 3. The summed E-state index contributed by atoms with van der Waals surface area (Å²) in [7, 11) is -1.61. The predicted molar refractivity (Wildman–Crippen MR) is 135 cm³/mol. The van der Waals surface area contributed by atoms with E-state index in [1.807, 2.05) is 60.7 Å². The van der Waals surface area contributed by atoms with Crippen molar-refractivity contribution < 1.29 is 23.3 Å². The number of ether oxygens (including phenoxy) is 1. The van der Waals surface area contributed by atoms with E-state index >= 15 is 0 Å². The Morgan fingerprint density at radius 1 is 0.889 bits per heavy atom. The molecule has 2 saturated heterocycles. The van der Waals surface area contributed by atoms with Crippen molar-refractivity contribution in [2.24, 2.45) is 0 Å². The fraction of sp³-hybridized carbons (Fsp3) is 0.250. The van der Waals surface area contributed by atoms with Crippen LogP contribution < -0.4 is 5.32 Å². The number of fused-ring (bicyclic) bond motifs is 1. The van der Waals surface area contributed by atoms with Gasteiger partial charge in [0.25, 0.3) is 5.91 Å². The Kier molecular flexibility index (Phi) is 6.22. The van der Waals surface area contributed by atoms with Crippen LogP contribution in [0.15, 0.2) is 91.0 Å². The average molecular weight is 503 g/mol. The summed E-state index contributed by atoms with van der Waals surface area (Å²) in [6.07, 6.45) is -0.687. The highest BCUT2D eigenvalue weighted by atomic mass is 32.2. The lowest BCUT2D eigenvalue weighted by Gasteiger charge is -2.43. The molecule has 184 valence electrons. The second-order valence-electron chi connectivity index (χ2n) is 9.39. The molecule has 3 aromatic rings. The van der Waals surface area contributed by atoms with Gasteiger partial charge in [0.05, 0.1) is 15.5 Å². The average Bonchev–Trinajstić information content (AvgIpc) is 3.10. The largest absolute Gasteiger partial charge is 0.451 e. The number of carbonyl (C=O) groups is 3. The van der Waals surface area contributed by atoms with Gasteiger partial charge in [-0.15, -0.1) is 0 Å². The molecule has 2 heterocycles. The third kappa shape index (κ3) is 4.01. The van der Waals surface area contributed by atoms with E-state index in [-0.39, 0.29) is 0 Å². The first-order valence-electron chi connectivity index (χ1n) is 11.7. The molecule has 36 heavy (non-hydrogen) atoms. The van der Waals surface area contributed by atoms with Gasteiger partial charge in [0.1, 0.15) is 17.5 Å². The molecule has 2 aliphatic rings. The maximum absolute atomic E-state index is 13.6. The maximum Gasteiger partial charge on any atom is 0.331 e. The van der Waals surface area contributed by atoms with Crippen molar-refractivity contribution in [1.82, 2.24) is 10.2 Å². The van der Waals surface area contributed by atoms with E-state index in [4.69, 9.17) is 4.74 Å². The minimum atomic E-state index is -1.61. The number of carbonyl (C=O) groups excluding carboxylic acids is 3. The molecule has 2 fully saturated rings.